The molecule has 1 aromatic carbocycles. The molecule has 3 nitrogen and oxygen atoms in total. The average molecular weight is 255 g/mol. The monoisotopic (exact) mass is 255 g/mol. The van der Waals surface area contributed by atoms with Crippen LogP contribution in [0.25, 0.3) is 10.9 Å². The van der Waals surface area contributed by atoms with Crippen LogP contribution < -0.4 is 11.1 Å². The highest BCUT2D eigenvalue weighted by molar-refractivity contribution is 5.98. The summed E-state index contributed by atoms with van der Waals surface area (Å²) in [6.45, 7) is 2.34. The van der Waals surface area contributed by atoms with Crippen molar-refractivity contribution in [1.82, 2.24) is 4.98 Å². The molecule has 19 heavy (non-hydrogen) atoms. The first-order valence-electron chi connectivity index (χ1n) is 7.15. The number of hydrogen-bond acceptors (Lipinski definition) is 3. The molecule has 2 aromatic rings. The summed E-state index contributed by atoms with van der Waals surface area (Å²) in [4.78, 5) is 4.39. The Morgan fingerprint density at radius 2 is 2.05 bits per heavy atom. The number of pyridine rings is 1. The summed E-state index contributed by atoms with van der Waals surface area (Å²) in [7, 11) is 0. The van der Waals surface area contributed by atoms with Gasteiger partial charge in [0.2, 0.25) is 0 Å². The first kappa shape index (κ1) is 12.3. The molecule has 3 heteroatoms. The minimum atomic E-state index is 0.570. The van der Waals surface area contributed by atoms with Gasteiger partial charge >= 0.3 is 0 Å². The Morgan fingerprint density at radius 3 is 2.89 bits per heavy atom. The van der Waals surface area contributed by atoms with Crippen LogP contribution in [0, 0.1) is 5.92 Å². The van der Waals surface area contributed by atoms with Gasteiger partial charge in [-0.3, -0.25) is 4.98 Å². The second-order valence-corrected chi connectivity index (χ2v) is 5.61. The van der Waals surface area contributed by atoms with Gasteiger partial charge in [0, 0.05) is 23.3 Å². The molecule has 0 aliphatic heterocycles. The van der Waals surface area contributed by atoms with Crippen molar-refractivity contribution < 1.29 is 0 Å². The van der Waals surface area contributed by atoms with E-state index in [2.05, 4.69) is 29.4 Å². The van der Waals surface area contributed by atoms with Crippen molar-refractivity contribution >= 4 is 22.3 Å². The fourth-order valence-corrected chi connectivity index (χ4v) is 3.05. The molecule has 0 radical (unpaired) electrons. The van der Waals surface area contributed by atoms with Crippen LogP contribution in [-0.4, -0.2) is 11.0 Å². The Labute approximate surface area is 114 Å². The van der Waals surface area contributed by atoms with Crippen LogP contribution in [0.5, 0.6) is 0 Å². The molecule has 0 amide bonds. The Balaban J connectivity index is 1.94. The fraction of sp³-hybridized carbons (Fsp3) is 0.438. The van der Waals surface area contributed by atoms with Gasteiger partial charge in [-0.25, -0.2) is 0 Å². The number of fused-ring (bicyclic) bond motifs is 1. The molecule has 100 valence electrons. The lowest BCUT2D eigenvalue weighted by Gasteiger charge is -2.30. The smallest absolute Gasteiger partial charge is 0.0951 e. The van der Waals surface area contributed by atoms with E-state index in [-0.39, 0.29) is 0 Å². The number of nitrogens with zero attached hydrogens (tertiary/aromatic N) is 1. The number of rotatable bonds is 2. The highest BCUT2D eigenvalue weighted by atomic mass is 14.9. The van der Waals surface area contributed by atoms with E-state index in [0.717, 1.165) is 28.2 Å². The Bertz CT molecular complexity index is 579. The number of nitrogens with two attached hydrogens (primary N) is 1. The second kappa shape index (κ2) is 5.08. The van der Waals surface area contributed by atoms with E-state index < -0.39 is 0 Å². The van der Waals surface area contributed by atoms with E-state index in [9.17, 15) is 0 Å². The molecule has 3 N–H and O–H groups in total. The van der Waals surface area contributed by atoms with E-state index in [1.165, 1.54) is 25.7 Å². The zero-order valence-corrected chi connectivity index (χ0v) is 11.4. The number of hydrogen-bond donors (Lipinski definition) is 2. The largest absolute Gasteiger partial charge is 0.397 e. The quantitative estimate of drug-likeness (QED) is 0.802. The SMILES string of the molecule is CC1CCCCC1Nc1ccc(N)c2ncccc12. The van der Waals surface area contributed by atoms with Gasteiger partial charge in [0.15, 0.2) is 0 Å². The van der Waals surface area contributed by atoms with Crippen molar-refractivity contribution in [2.24, 2.45) is 5.92 Å². The number of nitrogens with one attached hydrogen (secondary N) is 1. The van der Waals surface area contributed by atoms with Crippen molar-refractivity contribution in [3.05, 3.63) is 30.5 Å². The van der Waals surface area contributed by atoms with Gasteiger partial charge in [-0.05, 0) is 43.0 Å². The highest BCUT2D eigenvalue weighted by Crippen LogP contribution is 2.31. The molecule has 1 aliphatic rings. The summed E-state index contributed by atoms with van der Waals surface area (Å²) in [6, 6.07) is 8.67. The summed E-state index contributed by atoms with van der Waals surface area (Å²) in [5.74, 6) is 0.734. The summed E-state index contributed by atoms with van der Waals surface area (Å²) in [5.41, 5.74) is 8.81. The minimum absolute atomic E-state index is 0.570. The predicted octanol–water partition coefficient (Wildman–Crippen LogP) is 3.81. The van der Waals surface area contributed by atoms with Crippen LogP contribution in [0.15, 0.2) is 30.5 Å². The Kier molecular flexibility index (Phi) is 3.28. The maximum atomic E-state index is 6.00. The first-order chi connectivity index (χ1) is 9.25. The second-order valence-electron chi connectivity index (χ2n) is 5.61. The zero-order chi connectivity index (χ0) is 13.2. The summed E-state index contributed by atoms with van der Waals surface area (Å²) >= 11 is 0. The average Bonchev–Trinajstić information content (AvgIpc) is 2.44. The third-order valence-corrected chi connectivity index (χ3v) is 4.25. The number of aromatic nitrogens is 1. The predicted molar refractivity (Wildman–Crippen MR) is 81.2 cm³/mol. The molecule has 1 aliphatic carbocycles. The highest BCUT2D eigenvalue weighted by Gasteiger charge is 2.21. The Hall–Kier alpha value is -1.77. The normalized spacial score (nSPS) is 23.4. The van der Waals surface area contributed by atoms with Crippen molar-refractivity contribution in [2.45, 2.75) is 38.6 Å². The lowest BCUT2D eigenvalue weighted by atomic mass is 9.85. The molecule has 0 spiro atoms. The van der Waals surface area contributed by atoms with Crippen LogP contribution in [0.4, 0.5) is 11.4 Å². The standard InChI is InChI=1S/C16H21N3/c1-11-5-2-3-7-14(11)19-15-9-8-13(17)16-12(15)6-4-10-18-16/h4,6,8-11,14,19H,2-3,5,7,17H2,1H3. The van der Waals surface area contributed by atoms with E-state index in [1.807, 2.05) is 12.1 Å². The van der Waals surface area contributed by atoms with E-state index in [0.29, 0.717) is 6.04 Å². The Morgan fingerprint density at radius 1 is 1.21 bits per heavy atom. The maximum absolute atomic E-state index is 6.00. The van der Waals surface area contributed by atoms with Gasteiger partial charge in [-0.2, -0.15) is 0 Å². The third kappa shape index (κ3) is 2.37. The number of nitrogen functional groups attached to an aromatic ring is 1. The van der Waals surface area contributed by atoms with Crippen molar-refractivity contribution in [1.29, 1.82) is 0 Å². The summed E-state index contributed by atoms with van der Waals surface area (Å²) in [5, 5.41) is 4.83. The summed E-state index contributed by atoms with van der Waals surface area (Å²) in [6.07, 6.45) is 7.07. The van der Waals surface area contributed by atoms with Crippen LogP contribution in [-0.2, 0) is 0 Å². The molecule has 2 atom stereocenters. The van der Waals surface area contributed by atoms with Crippen molar-refractivity contribution in [2.75, 3.05) is 11.1 Å². The van der Waals surface area contributed by atoms with E-state index in [4.69, 9.17) is 5.73 Å². The van der Waals surface area contributed by atoms with Gasteiger partial charge in [-0.1, -0.05) is 19.8 Å². The molecule has 1 saturated carbocycles. The van der Waals surface area contributed by atoms with Gasteiger partial charge in [0.1, 0.15) is 0 Å². The van der Waals surface area contributed by atoms with Crippen molar-refractivity contribution in [3.63, 3.8) is 0 Å². The molecule has 3 rings (SSSR count). The molecule has 2 unspecified atom stereocenters. The van der Waals surface area contributed by atoms with Crippen LogP contribution in [0.3, 0.4) is 0 Å². The minimum Gasteiger partial charge on any atom is -0.397 e. The first-order valence-corrected chi connectivity index (χ1v) is 7.15. The molecule has 0 bridgehead atoms. The molecule has 1 aromatic heterocycles. The molecule has 1 fully saturated rings. The van der Waals surface area contributed by atoms with Crippen LogP contribution in [0.2, 0.25) is 0 Å². The summed E-state index contributed by atoms with van der Waals surface area (Å²) < 4.78 is 0. The molecular formula is C16H21N3. The molecule has 1 heterocycles. The van der Waals surface area contributed by atoms with Crippen LogP contribution in [0.1, 0.15) is 32.6 Å². The van der Waals surface area contributed by atoms with Gasteiger partial charge in [0.25, 0.3) is 0 Å². The van der Waals surface area contributed by atoms with Crippen molar-refractivity contribution in [3.8, 4) is 0 Å². The third-order valence-electron chi connectivity index (χ3n) is 4.25. The number of anilines is 2. The van der Waals surface area contributed by atoms with E-state index in [1.54, 1.807) is 6.20 Å². The number of benzene rings is 1. The van der Waals surface area contributed by atoms with Crippen LogP contribution >= 0.6 is 0 Å². The lowest BCUT2D eigenvalue weighted by molar-refractivity contribution is 0.350. The van der Waals surface area contributed by atoms with Gasteiger partial charge < -0.3 is 11.1 Å². The van der Waals surface area contributed by atoms with Gasteiger partial charge in [-0.15, -0.1) is 0 Å². The molecule has 0 saturated heterocycles. The fourth-order valence-electron chi connectivity index (χ4n) is 3.05. The van der Waals surface area contributed by atoms with E-state index >= 15 is 0 Å². The van der Waals surface area contributed by atoms with Gasteiger partial charge in [0.05, 0.1) is 11.2 Å². The zero-order valence-electron chi connectivity index (χ0n) is 11.4. The molecular weight excluding hydrogens is 234 g/mol. The lowest BCUT2D eigenvalue weighted by Crippen LogP contribution is -2.30. The maximum Gasteiger partial charge on any atom is 0.0951 e. The topological polar surface area (TPSA) is 50.9 Å².